The number of benzene rings is 2. The van der Waals surface area contributed by atoms with Crippen molar-refractivity contribution >= 4 is 21.8 Å². The van der Waals surface area contributed by atoms with Crippen LogP contribution >= 0.6 is 15.9 Å². The van der Waals surface area contributed by atoms with Crippen LogP contribution < -0.4 is 4.74 Å². The summed E-state index contributed by atoms with van der Waals surface area (Å²) in [7, 11) is 1.67. The minimum Gasteiger partial charge on any atom is -0.497 e. The van der Waals surface area contributed by atoms with Crippen molar-refractivity contribution in [1.29, 1.82) is 0 Å². The Morgan fingerprint density at radius 2 is 2.00 bits per heavy atom. The molecule has 0 radical (unpaired) electrons. The molecule has 0 aliphatic carbocycles. The van der Waals surface area contributed by atoms with Crippen LogP contribution in [-0.4, -0.2) is 31.0 Å². The van der Waals surface area contributed by atoms with Gasteiger partial charge >= 0.3 is 0 Å². The Bertz CT molecular complexity index is 669. The molecular formula is C18H18BrNO2. The number of hydrogen-bond acceptors (Lipinski definition) is 2. The maximum Gasteiger partial charge on any atom is 0.253 e. The van der Waals surface area contributed by atoms with Crippen molar-refractivity contribution in [3.8, 4) is 5.75 Å². The van der Waals surface area contributed by atoms with Gasteiger partial charge in [0.15, 0.2) is 0 Å². The molecule has 1 fully saturated rings. The van der Waals surface area contributed by atoms with Crippen molar-refractivity contribution in [1.82, 2.24) is 4.90 Å². The third-order valence-electron chi connectivity index (χ3n) is 4.13. The molecule has 2 aromatic rings. The summed E-state index contributed by atoms with van der Waals surface area (Å²) in [6, 6.07) is 15.7. The van der Waals surface area contributed by atoms with E-state index in [-0.39, 0.29) is 5.91 Å². The molecule has 3 rings (SSSR count). The zero-order valence-electron chi connectivity index (χ0n) is 12.5. The number of nitrogens with zero attached hydrogens (tertiary/aromatic N) is 1. The summed E-state index contributed by atoms with van der Waals surface area (Å²) in [6.07, 6.45) is 1.01. The molecule has 0 bridgehead atoms. The zero-order chi connectivity index (χ0) is 15.5. The molecule has 0 aromatic heterocycles. The lowest BCUT2D eigenvalue weighted by atomic mass is 9.98. The van der Waals surface area contributed by atoms with E-state index in [0.717, 1.165) is 35.3 Å². The van der Waals surface area contributed by atoms with Crippen LogP contribution in [0.15, 0.2) is 53.0 Å². The largest absolute Gasteiger partial charge is 0.497 e. The first-order valence-electron chi connectivity index (χ1n) is 7.36. The van der Waals surface area contributed by atoms with Gasteiger partial charge in [-0.15, -0.1) is 0 Å². The predicted octanol–water partition coefficient (Wildman–Crippen LogP) is 4.09. The van der Waals surface area contributed by atoms with Crippen molar-refractivity contribution in [2.75, 3.05) is 20.2 Å². The number of ether oxygens (including phenoxy) is 1. The van der Waals surface area contributed by atoms with Gasteiger partial charge in [0.2, 0.25) is 0 Å². The monoisotopic (exact) mass is 359 g/mol. The summed E-state index contributed by atoms with van der Waals surface area (Å²) < 4.78 is 6.13. The average molecular weight is 360 g/mol. The molecule has 3 nitrogen and oxygen atoms in total. The standard InChI is InChI=1S/C18H18BrNO2/c1-22-17-7-5-13(6-8-17)15-9-10-20(12-15)18(21)14-3-2-4-16(19)11-14/h2-8,11,15H,9-10,12H2,1H3. The molecule has 1 saturated heterocycles. The summed E-state index contributed by atoms with van der Waals surface area (Å²) in [5, 5.41) is 0. The smallest absolute Gasteiger partial charge is 0.253 e. The lowest BCUT2D eigenvalue weighted by Gasteiger charge is -2.17. The van der Waals surface area contributed by atoms with E-state index in [9.17, 15) is 4.79 Å². The minimum absolute atomic E-state index is 0.109. The Balaban J connectivity index is 1.70. The number of hydrogen-bond donors (Lipinski definition) is 0. The fourth-order valence-electron chi connectivity index (χ4n) is 2.90. The van der Waals surface area contributed by atoms with Crippen LogP contribution in [0.3, 0.4) is 0 Å². The molecule has 1 heterocycles. The number of methoxy groups -OCH3 is 1. The van der Waals surface area contributed by atoms with Gasteiger partial charge in [0.1, 0.15) is 5.75 Å². The highest BCUT2D eigenvalue weighted by Gasteiger charge is 2.27. The molecule has 0 N–H and O–H groups in total. The number of carbonyl (C=O) groups is 1. The van der Waals surface area contributed by atoms with Gasteiger partial charge in [-0.2, -0.15) is 0 Å². The molecule has 2 aromatic carbocycles. The average Bonchev–Trinajstić information content (AvgIpc) is 3.04. The number of halogens is 1. The number of likely N-dealkylation sites (tertiary alicyclic amines) is 1. The Kier molecular flexibility index (Phi) is 4.48. The molecule has 1 atom stereocenters. The van der Waals surface area contributed by atoms with Crippen molar-refractivity contribution < 1.29 is 9.53 Å². The van der Waals surface area contributed by atoms with E-state index in [1.54, 1.807) is 7.11 Å². The summed E-state index contributed by atoms with van der Waals surface area (Å²) in [6.45, 7) is 1.58. The van der Waals surface area contributed by atoms with Gasteiger partial charge in [-0.25, -0.2) is 0 Å². The molecule has 0 spiro atoms. The highest BCUT2D eigenvalue weighted by atomic mass is 79.9. The maximum atomic E-state index is 12.6. The number of amides is 1. The van der Waals surface area contributed by atoms with E-state index < -0.39 is 0 Å². The van der Waals surface area contributed by atoms with Crippen LogP contribution in [0.25, 0.3) is 0 Å². The normalized spacial score (nSPS) is 17.5. The van der Waals surface area contributed by atoms with Crippen molar-refractivity contribution in [2.24, 2.45) is 0 Å². The van der Waals surface area contributed by atoms with Crippen LogP contribution in [0.4, 0.5) is 0 Å². The van der Waals surface area contributed by atoms with E-state index in [1.165, 1.54) is 5.56 Å². The van der Waals surface area contributed by atoms with Crippen LogP contribution in [-0.2, 0) is 0 Å². The fourth-order valence-corrected chi connectivity index (χ4v) is 3.30. The molecule has 1 aliphatic heterocycles. The van der Waals surface area contributed by atoms with Gasteiger partial charge in [0.05, 0.1) is 7.11 Å². The summed E-state index contributed by atoms with van der Waals surface area (Å²) in [5.41, 5.74) is 2.01. The van der Waals surface area contributed by atoms with Crippen LogP contribution in [0.5, 0.6) is 5.75 Å². The number of rotatable bonds is 3. The van der Waals surface area contributed by atoms with Gasteiger partial charge in [0.25, 0.3) is 5.91 Å². The van der Waals surface area contributed by atoms with Crippen LogP contribution in [0.2, 0.25) is 0 Å². The maximum absolute atomic E-state index is 12.6. The number of carbonyl (C=O) groups excluding carboxylic acids is 1. The van der Waals surface area contributed by atoms with Crippen LogP contribution in [0.1, 0.15) is 28.3 Å². The molecular weight excluding hydrogens is 342 g/mol. The topological polar surface area (TPSA) is 29.5 Å². The Labute approximate surface area is 139 Å². The second-order valence-electron chi connectivity index (χ2n) is 5.52. The van der Waals surface area contributed by atoms with Crippen molar-refractivity contribution in [3.63, 3.8) is 0 Å². The first-order valence-corrected chi connectivity index (χ1v) is 8.15. The highest BCUT2D eigenvalue weighted by Crippen LogP contribution is 2.29. The third-order valence-corrected chi connectivity index (χ3v) is 4.63. The van der Waals surface area contributed by atoms with Gasteiger partial charge in [0, 0.05) is 29.0 Å². The minimum atomic E-state index is 0.109. The summed E-state index contributed by atoms with van der Waals surface area (Å²) >= 11 is 3.42. The quantitative estimate of drug-likeness (QED) is 0.825. The molecule has 1 amide bonds. The Hall–Kier alpha value is -1.81. The highest BCUT2D eigenvalue weighted by molar-refractivity contribution is 9.10. The van der Waals surface area contributed by atoms with Gasteiger partial charge < -0.3 is 9.64 Å². The van der Waals surface area contributed by atoms with E-state index >= 15 is 0 Å². The van der Waals surface area contributed by atoms with E-state index in [2.05, 4.69) is 28.1 Å². The Morgan fingerprint density at radius 1 is 1.23 bits per heavy atom. The molecule has 22 heavy (non-hydrogen) atoms. The molecule has 4 heteroatoms. The lowest BCUT2D eigenvalue weighted by molar-refractivity contribution is 0.0790. The molecule has 1 aliphatic rings. The van der Waals surface area contributed by atoms with E-state index in [4.69, 9.17) is 4.74 Å². The first-order chi connectivity index (χ1) is 10.7. The van der Waals surface area contributed by atoms with Crippen molar-refractivity contribution in [3.05, 3.63) is 64.1 Å². The predicted molar refractivity (Wildman–Crippen MR) is 90.4 cm³/mol. The zero-order valence-corrected chi connectivity index (χ0v) is 14.0. The second kappa shape index (κ2) is 6.53. The summed E-state index contributed by atoms with van der Waals surface area (Å²) in [4.78, 5) is 14.5. The fraction of sp³-hybridized carbons (Fsp3) is 0.278. The van der Waals surface area contributed by atoms with Crippen molar-refractivity contribution in [2.45, 2.75) is 12.3 Å². The second-order valence-corrected chi connectivity index (χ2v) is 6.44. The summed E-state index contributed by atoms with van der Waals surface area (Å²) in [5.74, 6) is 1.38. The SMILES string of the molecule is COc1ccc(C2CCN(C(=O)c3cccc(Br)c3)C2)cc1. The van der Waals surface area contributed by atoms with E-state index in [1.807, 2.05) is 41.3 Å². The third kappa shape index (κ3) is 3.17. The van der Waals surface area contributed by atoms with Gasteiger partial charge in [-0.05, 0) is 42.3 Å². The molecule has 114 valence electrons. The Morgan fingerprint density at radius 3 is 2.68 bits per heavy atom. The lowest BCUT2D eigenvalue weighted by Crippen LogP contribution is -2.28. The molecule has 1 unspecified atom stereocenters. The van der Waals surface area contributed by atoms with Crippen LogP contribution in [0, 0.1) is 0 Å². The van der Waals surface area contributed by atoms with E-state index in [0.29, 0.717) is 5.92 Å². The first kappa shape index (κ1) is 15.1. The molecule has 0 saturated carbocycles. The van der Waals surface area contributed by atoms with Gasteiger partial charge in [-0.1, -0.05) is 34.1 Å². The van der Waals surface area contributed by atoms with Gasteiger partial charge in [-0.3, -0.25) is 4.79 Å².